The fourth-order valence-corrected chi connectivity index (χ4v) is 1.79. The minimum Gasteiger partial charge on any atom is -0.454 e. The predicted molar refractivity (Wildman–Crippen MR) is 73.9 cm³/mol. The van der Waals surface area contributed by atoms with Gasteiger partial charge in [-0.15, -0.1) is 0 Å². The summed E-state index contributed by atoms with van der Waals surface area (Å²) in [6, 6.07) is 10.7. The lowest BCUT2D eigenvalue weighted by molar-refractivity contribution is 0.104. The van der Waals surface area contributed by atoms with Crippen LogP contribution >= 0.6 is 0 Å². The molecule has 0 spiro atoms. The quantitative estimate of drug-likeness (QED) is 0.682. The van der Waals surface area contributed by atoms with Gasteiger partial charge in [0.25, 0.3) is 0 Å². The van der Waals surface area contributed by atoms with Gasteiger partial charge in [0.1, 0.15) is 5.69 Å². The fraction of sp³-hybridized carbons (Fsp3) is 0.0667. The monoisotopic (exact) mass is 268 g/mol. The maximum absolute atomic E-state index is 11.8. The van der Waals surface area contributed by atoms with Crippen LogP contribution in [0.5, 0.6) is 11.5 Å². The average Bonchev–Trinajstić information content (AvgIpc) is 2.95. The number of anilines is 1. The van der Waals surface area contributed by atoms with Crippen LogP contribution in [0.15, 0.2) is 54.9 Å². The SMILES string of the molecule is O=C(/C=C/Nc1ccc2c(c1)OCO2)c1ccccn1. The van der Waals surface area contributed by atoms with Gasteiger partial charge in [-0.1, -0.05) is 6.07 Å². The van der Waals surface area contributed by atoms with Crippen molar-refractivity contribution in [3.8, 4) is 11.5 Å². The van der Waals surface area contributed by atoms with Crippen LogP contribution in [0.3, 0.4) is 0 Å². The van der Waals surface area contributed by atoms with Crippen molar-refractivity contribution < 1.29 is 14.3 Å². The molecule has 2 aromatic rings. The molecule has 1 aromatic carbocycles. The standard InChI is InChI=1S/C15H12N2O3/c18-13(12-3-1-2-7-17-12)6-8-16-11-4-5-14-15(9-11)20-10-19-14/h1-9,16H,10H2/b8-6+. The predicted octanol–water partition coefficient (Wildman–Crippen LogP) is 2.62. The molecule has 3 rings (SSSR count). The highest BCUT2D eigenvalue weighted by molar-refractivity contribution is 6.03. The van der Waals surface area contributed by atoms with Crippen molar-refractivity contribution in [3.63, 3.8) is 0 Å². The number of carbonyl (C=O) groups is 1. The number of aromatic nitrogens is 1. The molecule has 0 atom stereocenters. The van der Waals surface area contributed by atoms with E-state index in [1.807, 2.05) is 18.2 Å². The van der Waals surface area contributed by atoms with E-state index < -0.39 is 0 Å². The molecule has 1 N–H and O–H groups in total. The Morgan fingerprint density at radius 2 is 2.10 bits per heavy atom. The van der Waals surface area contributed by atoms with Gasteiger partial charge in [-0.25, -0.2) is 0 Å². The lowest BCUT2D eigenvalue weighted by Gasteiger charge is -2.02. The number of nitrogens with zero attached hydrogens (tertiary/aromatic N) is 1. The Bertz CT molecular complexity index is 653. The zero-order valence-corrected chi connectivity index (χ0v) is 10.6. The van der Waals surface area contributed by atoms with Crippen LogP contribution in [0.1, 0.15) is 10.5 Å². The van der Waals surface area contributed by atoms with E-state index in [-0.39, 0.29) is 12.6 Å². The summed E-state index contributed by atoms with van der Waals surface area (Å²) in [6.45, 7) is 0.243. The first kappa shape index (κ1) is 12.2. The Hall–Kier alpha value is -2.82. The van der Waals surface area contributed by atoms with Crippen LogP contribution in [-0.2, 0) is 0 Å². The number of fused-ring (bicyclic) bond motifs is 1. The lowest BCUT2D eigenvalue weighted by atomic mass is 10.2. The van der Waals surface area contributed by atoms with Crippen molar-refractivity contribution in [3.05, 3.63) is 60.6 Å². The summed E-state index contributed by atoms with van der Waals surface area (Å²) >= 11 is 0. The fourth-order valence-electron chi connectivity index (χ4n) is 1.79. The van der Waals surface area contributed by atoms with E-state index >= 15 is 0 Å². The van der Waals surface area contributed by atoms with Crippen molar-refractivity contribution in [1.29, 1.82) is 0 Å². The van der Waals surface area contributed by atoms with E-state index in [0.29, 0.717) is 11.4 Å². The highest BCUT2D eigenvalue weighted by Crippen LogP contribution is 2.34. The molecule has 1 aromatic heterocycles. The highest BCUT2D eigenvalue weighted by Gasteiger charge is 2.12. The maximum Gasteiger partial charge on any atom is 0.231 e. The summed E-state index contributed by atoms with van der Waals surface area (Å²) in [5.74, 6) is 1.27. The van der Waals surface area contributed by atoms with Gasteiger partial charge in [-0.05, 0) is 24.3 Å². The van der Waals surface area contributed by atoms with E-state index in [1.54, 1.807) is 30.6 Å². The molecule has 2 heterocycles. The molecule has 0 unspecified atom stereocenters. The minimum atomic E-state index is -0.154. The second-order valence-corrected chi connectivity index (χ2v) is 4.12. The summed E-state index contributed by atoms with van der Waals surface area (Å²) in [5, 5.41) is 3.01. The van der Waals surface area contributed by atoms with E-state index in [1.165, 1.54) is 6.08 Å². The summed E-state index contributed by atoms with van der Waals surface area (Å²) < 4.78 is 10.5. The average molecular weight is 268 g/mol. The third-order valence-corrected chi connectivity index (χ3v) is 2.77. The van der Waals surface area contributed by atoms with E-state index in [9.17, 15) is 4.79 Å². The molecule has 0 saturated heterocycles. The zero-order chi connectivity index (χ0) is 13.8. The molecular formula is C15H12N2O3. The Morgan fingerprint density at radius 3 is 2.95 bits per heavy atom. The number of hydrogen-bond acceptors (Lipinski definition) is 5. The van der Waals surface area contributed by atoms with Crippen molar-refractivity contribution in [2.75, 3.05) is 12.1 Å². The van der Waals surface area contributed by atoms with Crippen LogP contribution in [0.4, 0.5) is 5.69 Å². The van der Waals surface area contributed by atoms with Gasteiger partial charge in [0.15, 0.2) is 11.5 Å². The van der Waals surface area contributed by atoms with E-state index in [2.05, 4.69) is 10.3 Å². The summed E-state index contributed by atoms with van der Waals surface area (Å²) in [4.78, 5) is 15.8. The number of rotatable bonds is 4. The van der Waals surface area contributed by atoms with Gasteiger partial charge in [0, 0.05) is 30.2 Å². The topological polar surface area (TPSA) is 60.5 Å². The van der Waals surface area contributed by atoms with Gasteiger partial charge in [-0.3, -0.25) is 9.78 Å². The molecule has 0 aliphatic carbocycles. The normalized spacial score (nSPS) is 12.6. The van der Waals surface area contributed by atoms with Gasteiger partial charge in [-0.2, -0.15) is 0 Å². The molecular weight excluding hydrogens is 256 g/mol. The molecule has 20 heavy (non-hydrogen) atoms. The van der Waals surface area contributed by atoms with Crippen molar-refractivity contribution >= 4 is 11.5 Å². The van der Waals surface area contributed by atoms with Crippen LogP contribution in [0.25, 0.3) is 0 Å². The highest BCUT2D eigenvalue weighted by atomic mass is 16.7. The van der Waals surface area contributed by atoms with E-state index in [4.69, 9.17) is 9.47 Å². The molecule has 5 heteroatoms. The lowest BCUT2D eigenvalue weighted by Crippen LogP contribution is -1.98. The first-order valence-electron chi connectivity index (χ1n) is 6.11. The summed E-state index contributed by atoms with van der Waals surface area (Å²) in [5.41, 5.74) is 1.23. The Balaban J connectivity index is 1.65. The molecule has 1 aliphatic heterocycles. The van der Waals surface area contributed by atoms with Gasteiger partial charge in [0.2, 0.25) is 12.6 Å². The number of ether oxygens (including phenoxy) is 2. The van der Waals surface area contributed by atoms with Crippen LogP contribution < -0.4 is 14.8 Å². The molecule has 1 aliphatic rings. The number of nitrogens with one attached hydrogen (secondary N) is 1. The van der Waals surface area contributed by atoms with Gasteiger partial charge >= 0.3 is 0 Å². The zero-order valence-electron chi connectivity index (χ0n) is 10.6. The third kappa shape index (κ3) is 2.61. The molecule has 0 radical (unpaired) electrons. The van der Waals surface area contributed by atoms with Crippen LogP contribution in [0.2, 0.25) is 0 Å². The third-order valence-electron chi connectivity index (χ3n) is 2.77. The molecule has 5 nitrogen and oxygen atoms in total. The summed E-state index contributed by atoms with van der Waals surface area (Å²) in [6.07, 6.45) is 4.60. The van der Waals surface area contributed by atoms with E-state index in [0.717, 1.165) is 11.4 Å². The first-order chi connectivity index (χ1) is 9.83. The number of carbonyl (C=O) groups excluding carboxylic acids is 1. The largest absolute Gasteiger partial charge is 0.454 e. The number of pyridine rings is 1. The van der Waals surface area contributed by atoms with Crippen LogP contribution in [-0.4, -0.2) is 17.6 Å². The molecule has 0 amide bonds. The number of ketones is 1. The molecule has 0 saturated carbocycles. The molecule has 100 valence electrons. The van der Waals surface area contributed by atoms with Crippen molar-refractivity contribution in [2.45, 2.75) is 0 Å². The Kier molecular flexibility index (Phi) is 3.33. The van der Waals surface area contributed by atoms with Crippen LogP contribution in [0, 0.1) is 0 Å². The Labute approximate surface area is 115 Å². The second kappa shape index (κ2) is 5.44. The number of allylic oxidation sites excluding steroid dienone is 1. The number of benzene rings is 1. The smallest absolute Gasteiger partial charge is 0.231 e. The van der Waals surface area contributed by atoms with Gasteiger partial charge in [0.05, 0.1) is 0 Å². The Morgan fingerprint density at radius 1 is 1.20 bits per heavy atom. The summed E-state index contributed by atoms with van der Waals surface area (Å²) in [7, 11) is 0. The first-order valence-corrected chi connectivity index (χ1v) is 6.11. The van der Waals surface area contributed by atoms with Gasteiger partial charge < -0.3 is 14.8 Å². The van der Waals surface area contributed by atoms with Crippen molar-refractivity contribution in [2.24, 2.45) is 0 Å². The molecule has 0 bridgehead atoms. The van der Waals surface area contributed by atoms with Crippen molar-refractivity contribution in [1.82, 2.24) is 4.98 Å². The second-order valence-electron chi connectivity index (χ2n) is 4.12. The maximum atomic E-state index is 11.8. The number of hydrogen-bond donors (Lipinski definition) is 1. The minimum absolute atomic E-state index is 0.154. The molecule has 0 fully saturated rings.